The molecule has 0 aliphatic carbocycles. The van der Waals surface area contributed by atoms with Crippen molar-refractivity contribution in [3.63, 3.8) is 0 Å². The first-order valence-electron chi connectivity index (χ1n) is 6.02. The number of fused-ring (bicyclic) bond motifs is 1. The zero-order valence-corrected chi connectivity index (χ0v) is 12.8. The number of aromatic carboxylic acids is 1. The van der Waals surface area contributed by atoms with E-state index in [1.165, 1.54) is 28.7 Å². The zero-order valence-electron chi connectivity index (χ0n) is 11.2. The zero-order chi connectivity index (χ0) is 15.1. The van der Waals surface area contributed by atoms with E-state index in [-0.39, 0.29) is 11.5 Å². The Morgan fingerprint density at radius 1 is 1.43 bits per heavy atom. The van der Waals surface area contributed by atoms with Crippen LogP contribution in [0, 0.1) is 6.92 Å². The molecule has 8 heteroatoms. The number of aromatic nitrogens is 2. The number of hydrogen-bond acceptors (Lipinski definition) is 5. The van der Waals surface area contributed by atoms with Gasteiger partial charge in [0.2, 0.25) is 0 Å². The molecule has 6 nitrogen and oxygen atoms in total. The predicted octanol–water partition coefficient (Wildman–Crippen LogP) is 2.96. The fourth-order valence-electron chi connectivity index (χ4n) is 2.06. The molecule has 0 saturated carbocycles. The highest BCUT2D eigenvalue weighted by atomic mass is 32.1. The van der Waals surface area contributed by atoms with E-state index in [2.05, 4.69) is 10.4 Å². The van der Waals surface area contributed by atoms with Gasteiger partial charge in [-0.3, -0.25) is 9.48 Å². The van der Waals surface area contributed by atoms with Crippen LogP contribution in [0.1, 0.15) is 25.7 Å². The minimum atomic E-state index is -1.05. The van der Waals surface area contributed by atoms with Crippen LogP contribution in [0.2, 0.25) is 0 Å². The standard InChI is InChI=1S/C13H11N3O3S2/c1-6-8-5-9(21-12(8)16(2)15-6)10(17)14-11-7(13(18)19)3-4-20-11/h3-5H,1-2H3,(H,14,17)(H,18,19). The van der Waals surface area contributed by atoms with Gasteiger partial charge >= 0.3 is 5.97 Å². The largest absolute Gasteiger partial charge is 0.478 e. The SMILES string of the molecule is Cc1nn(C)c2sc(C(=O)Nc3sccc3C(=O)O)cc12. The van der Waals surface area contributed by atoms with Gasteiger partial charge in [-0.2, -0.15) is 5.10 Å². The van der Waals surface area contributed by atoms with Crippen molar-refractivity contribution in [1.82, 2.24) is 9.78 Å². The summed E-state index contributed by atoms with van der Waals surface area (Å²) in [6, 6.07) is 3.26. The normalized spacial score (nSPS) is 11.0. The molecule has 0 bridgehead atoms. The van der Waals surface area contributed by atoms with E-state index in [0.717, 1.165) is 15.9 Å². The van der Waals surface area contributed by atoms with Gasteiger partial charge in [-0.05, 0) is 24.4 Å². The molecule has 0 radical (unpaired) electrons. The lowest BCUT2D eigenvalue weighted by Gasteiger charge is -2.01. The second-order valence-corrected chi connectivity index (χ2v) is 6.41. The van der Waals surface area contributed by atoms with Crippen LogP contribution >= 0.6 is 22.7 Å². The molecule has 0 aliphatic heterocycles. The molecule has 0 spiro atoms. The minimum absolute atomic E-state index is 0.104. The van der Waals surface area contributed by atoms with Gasteiger partial charge in [0.1, 0.15) is 9.83 Å². The molecule has 1 amide bonds. The molecule has 3 rings (SSSR count). The second kappa shape index (κ2) is 4.97. The molecule has 2 N–H and O–H groups in total. The first-order valence-corrected chi connectivity index (χ1v) is 7.72. The van der Waals surface area contributed by atoms with Crippen molar-refractivity contribution in [2.45, 2.75) is 6.92 Å². The number of nitrogens with zero attached hydrogens (tertiary/aromatic N) is 2. The summed E-state index contributed by atoms with van der Waals surface area (Å²) in [5, 5.41) is 18.9. The van der Waals surface area contributed by atoms with Gasteiger partial charge < -0.3 is 10.4 Å². The van der Waals surface area contributed by atoms with E-state index in [0.29, 0.717) is 9.88 Å². The van der Waals surface area contributed by atoms with Crippen LogP contribution in [0.15, 0.2) is 17.5 Å². The van der Waals surface area contributed by atoms with Crippen LogP contribution in [-0.2, 0) is 7.05 Å². The molecule has 0 saturated heterocycles. The van der Waals surface area contributed by atoms with Crippen molar-refractivity contribution in [2.75, 3.05) is 5.32 Å². The Balaban J connectivity index is 1.92. The van der Waals surface area contributed by atoms with Crippen molar-refractivity contribution in [1.29, 1.82) is 0 Å². The molecule has 0 aliphatic rings. The van der Waals surface area contributed by atoms with E-state index in [9.17, 15) is 9.59 Å². The van der Waals surface area contributed by atoms with Crippen LogP contribution in [0.25, 0.3) is 10.2 Å². The smallest absolute Gasteiger partial charge is 0.338 e. The number of nitrogens with one attached hydrogen (secondary N) is 1. The summed E-state index contributed by atoms with van der Waals surface area (Å²) in [7, 11) is 1.83. The summed E-state index contributed by atoms with van der Waals surface area (Å²) in [5.41, 5.74) is 0.970. The molecular weight excluding hydrogens is 310 g/mol. The summed E-state index contributed by atoms with van der Waals surface area (Å²) < 4.78 is 1.74. The number of thiophene rings is 2. The van der Waals surface area contributed by atoms with Crippen LogP contribution in [0.4, 0.5) is 5.00 Å². The van der Waals surface area contributed by atoms with Gasteiger partial charge in [0, 0.05) is 12.4 Å². The van der Waals surface area contributed by atoms with Crippen molar-refractivity contribution in [3.8, 4) is 0 Å². The average Bonchev–Trinajstić information content (AvgIpc) is 3.08. The van der Waals surface area contributed by atoms with Gasteiger partial charge in [0.05, 0.1) is 16.1 Å². The number of carbonyl (C=O) groups is 2. The van der Waals surface area contributed by atoms with Crippen molar-refractivity contribution < 1.29 is 14.7 Å². The molecule has 0 fully saturated rings. The summed E-state index contributed by atoms with van der Waals surface area (Å²) in [6.45, 7) is 1.89. The Kier molecular flexibility index (Phi) is 3.26. The average molecular weight is 321 g/mol. The third kappa shape index (κ3) is 2.32. The molecule has 0 unspecified atom stereocenters. The third-order valence-corrected chi connectivity index (χ3v) is 5.07. The summed E-state index contributed by atoms with van der Waals surface area (Å²) >= 11 is 2.52. The lowest BCUT2D eigenvalue weighted by Crippen LogP contribution is -2.11. The summed E-state index contributed by atoms with van der Waals surface area (Å²) in [4.78, 5) is 24.7. The highest BCUT2D eigenvalue weighted by Crippen LogP contribution is 2.29. The highest BCUT2D eigenvalue weighted by Gasteiger charge is 2.18. The number of carbonyl (C=O) groups excluding carboxylic acids is 1. The molecule has 21 heavy (non-hydrogen) atoms. The summed E-state index contributed by atoms with van der Waals surface area (Å²) in [5.74, 6) is -1.36. The van der Waals surface area contributed by atoms with E-state index in [1.807, 2.05) is 14.0 Å². The highest BCUT2D eigenvalue weighted by molar-refractivity contribution is 7.20. The predicted molar refractivity (Wildman–Crippen MR) is 82.6 cm³/mol. The van der Waals surface area contributed by atoms with Crippen LogP contribution in [0.3, 0.4) is 0 Å². The van der Waals surface area contributed by atoms with Crippen LogP contribution in [0.5, 0.6) is 0 Å². The van der Waals surface area contributed by atoms with E-state index in [4.69, 9.17) is 5.11 Å². The molecule has 3 aromatic heterocycles. The van der Waals surface area contributed by atoms with Gasteiger partial charge in [0.15, 0.2) is 0 Å². The Labute approximate surface area is 127 Å². The van der Waals surface area contributed by atoms with E-state index < -0.39 is 5.97 Å². The number of hydrogen-bond donors (Lipinski definition) is 2. The Morgan fingerprint density at radius 2 is 2.19 bits per heavy atom. The monoisotopic (exact) mass is 321 g/mol. The van der Waals surface area contributed by atoms with Crippen molar-refractivity contribution in [3.05, 3.63) is 33.6 Å². The Morgan fingerprint density at radius 3 is 2.86 bits per heavy atom. The summed E-state index contributed by atoms with van der Waals surface area (Å²) in [6.07, 6.45) is 0. The molecule has 3 heterocycles. The second-order valence-electron chi connectivity index (χ2n) is 4.46. The molecular formula is C13H11N3O3S2. The number of carboxylic acid groups (broad SMARTS) is 1. The Bertz CT molecular complexity index is 825. The van der Waals surface area contributed by atoms with E-state index >= 15 is 0 Å². The lowest BCUT2D eigenvalue weighted by atomic mass is 10.3. The Hall–Kier alpha value is -2.19. The maximum atomic E-state index is 12.3. The van der Waals surface area contributed by atoms with Gasteiger partial charge in [-0.25, -0.2) is 4.79 Å². The third-order valence-electron chi connectivity index (χ3n) is 3.04. The van der Waals surface area contributed by atoms with E-state index in [1.54, 1.807) is 16.1 Å². The quantitative estimate of drug-likeness (QED) is 0.777. The van der Waals surface area contributed by atoms with Crippen molar-refractivity contribution >= 4 is 49.8 Å². The molecule has 0 aromatic carbocycles. The van der Waals surface area contributed by atoms with Gasteiger partial charge in [-0.15, -0.1) is 22.7 Å². The maximum absolute atomic E-state index is 12.3. The van der Waals surface area contributed by atoms with Gasteiger partial charge in [0.25, 0.3) is 5.91 Å². The minimum Gasteiger partial charge on any atom is -0.478 e. The van der Waals surface area contributed by atoms with Gasteiger partial charge in [-0.1, -0.05) is 0 Å². The number of amides is 1. The molecule has 108 valence electrons. The van der Waals surface area contributed by atoms with Crippen molar-refractivity contribution in [2.24, 2.45) is 7.05 Å². The maximum Gasteiger partial charge on any atom is 0.338 e. The van der Waals surface area contributed by atoms with Crippen LogP contribution < -0.4 is 5.32 Å². The first-order chi connectivity index (χ1) is 9.97. The fourth-order valence-corrected chi connectivity index (χ4v) is 3.85. The fraction of sp³-hybridized carbons (Fsp3) is 0.154. The lowest BCUT2D eigenvalue weighted by molar-refractivity contribution is 0.0698. The number of aryl methyl sites for hydroxylation is 2. The number of rotatable bonds is 3. The number of carboxylic acids is 1. The topological polar surface area (TPSA) is 84.2 Å². The molecule has 0 atom stereocenters. The first kappa shape index (κ1) is 13.8. The number of anilines is 1. The van der Waals surface area contributed by atoms with Crippen LogP contribution in [-0.4, -0.2) is 26.8 Å². The molecule has 3 aromatic rings.